The van der Waals surface area contributed by atoms with Crippen LogP contribution in [0.25, 0.3) is 0 Å². The number of carbonyl (C=O) groups is 1. The molecule has 0 atom stereocenters. The maximum atomic E-state index is 13.1. The third kappa shape index (κ3) is 2.88. The monoisotopic (exact) mass is 300 g/mol. The predicted octanol–water partition coefficient (Wildman–Crippen LogP) is 3.61. The number of carbonyl (C=O) groups excluding carboxylic acids is 1. The van der Waals surface area contributed by atoms with Gasteiger partial charge in [0.15, 0.2) is 0 Å². The molecule has 0 amide bonds. The van der Waals surface area contributed by atoms with Gasteiger partial charge in [-0.1, -0.05) is 30.3 Å². The first-order valence-corrected chi connectivity index (χ1v) is 5.35. The van der Waals surface area contributed by atoms with Crippen LogP contribution in [-0.2, 0) is 14.9 Å². The average molecular weight is 300 g/mol. The van der Waals surface area contributed by atoms with Gasteiger partial charge in [0.05, 0.1) is 0 Å². The van der Waals surface area contributed by atoms with E-state index in [2.05, 4.69) is 4.74 Å². The summed E-state index contributed by atoms with van der Waals surface area (Å²) in [6.07, 6.45) is -11.3. The van der Waals surface area contributed by atoms with E-state index < -0.39 is 35.9 Å². The number of alkyl halides is 6. The largest absolute Gasteiger partial charge is 0.464 e. The van der Waals surface area contributed by atoms with Gasteiger partial charge in [-0.15, -0.1) is 0 Å². The van der Waals surface area contributed by atoms with Crippen LogP contribution in [0.4, 0.5) is 26.3 Å². The highest BCUT2D eigenvalue weighted by Gasteiger charge is 2.72. The summed E-state index contributed by atoms with van der Waals surface area (Å²) in [5.74, 6) is -1.22. The second kappa shape index (κ2) is 5.34. The van der Waals surface area contributed by atoms with E-state index in [0.29, 0.717) is 12.1 Å². The van der Waals surface area contributed by atoms with Crippen molar-refractivity contribution in [1.82, 2.24) is 0 Å². The molecule has 0 radical (unpaired) electrons. The molecule has 1 aromatic rings. The molecule has 0 aromatic heterocycles. The van der Waals surface area contributed by atoms with E-state index in [9.17, 15) is 31.1 Å². The Balaban J connectivity index is 3.47. The molecule has 0 bridgehead atoms. The van der Waals surface area contributed by atoms with Gasteiger partial charge in [-0.2, -0.15) is 26.3 Å². The summed E-state index contributed by atoms with van der Waals surface area (Å²) in [5, 5.41) is 0. The smallest absolute Gasteiger partial charge is 0.410 e. The fourth-order valence-electron chi connectivity index (χ4n) is 1.67. The van der Waals surface area contributed by atoms with Crippen molar-refractivity contribution in [2.24, 2.45) is 0 Å². The summed E-state index contributed by atoms with van der Waals surface area (Å²) >= 11 is 0. The van der Waals surface area contributed by atoms with Gasteiger partial charge in [0.1, 0.15) is 6.61 Å². The molecule has 0 aliphatic carbocycles. The van der Waals surface area contributed by atoms with E-state index in [0.717, 1.165) is 19.1 Å². The topological polar surface area (TPSA) is 26.3 Å². The Kier molecular flexibility index (Phi) is 4.36. The fraction of sp³-hybridized carbons (Fsp3) is 0.417. The van der Waals surface area contributed by atoms with Gasteiger partial charge >= 0.3 is 18.3 Å². The lowest BCUT2D eigenvalue weighted by molar-refractivity contribution is -0.312. The third-order valence-corrected chi connectivity index (χ3v) is 2.73. The SMILES string of the molecule is CC(=O)OCC(c1ccccc1)(C(F)(F)F)C(F)(F)F. The van der Waals surface area contributed by atoms with Gasteiger partial charge in [0, 0.05) is 6.92 Å². The minimum absolute atomic E-state index is 0.699. The molecular formula is C12H10F6O2. The second-order valence-electron chi connectivity index (χ2n) is 4.05. The lowest BCUT2D eigenvalue weighted by atomic mass is 9.79. The third-order valence-electron chi connectivity index (χ3n) is 2.73. The molecule has 2 nitrogen and oxygen atoms in total. The van der Waals surface area contributed by atoms with Gasteiger partial charge in [0.2, 0.25) is 5.41 Å². The Morgan fingerprint density at radius 1 is 1.00 bits per heavy atom. The summed E-state index contributed by atoms with van der Waals surface area (Å²) in [4.78, 5) is 10.6. The van der Waals surface area contributed by atoms with Crippen molar-refractivity contribution in [2.75, 3.05) is 6.61 Å². The molecule has 0 saturated heterocycles. The van der Waals surface area contributed by atoms with Crippen molar-refractivity contribution in [3.05, 3.63) is 35.9 Å². The lowest BCUT2D eigenvalue weighted by Crippen LogP contribution is -2.57. The molecule has 0 heterocycles. The van der Waals surface area contributed by atoms with Crippen molar-refractivity contribution in [3.8, 4) is 0 Å². The Hall–Kier alpha value is -1.73. The number of hydrogen-bond donors (Lipinski definition) is 0. The first-order valence-electron chi connectivity index (χ1n) is 5.35. The quantitative estimate of drug-likeness (QED) is 0.629. The molecule has 1 rings (SSSR count). The predicted molar refractivity (Wildman–Crippen MR) is 56.9 cm³/mol. The Labute approximate surface area is 110 Å². The maximum absolute atomic E-state index is 13.1. The van der Waals surface area contributed by atoms with Crippen LogP contribution < -0.4 is 0 Å². The summed E-state index contributed by atoms with van der Waals surface area (Å²) < 4.78 is 82.6. The minimum Gasteiger partial charge on any atom is -0.464 e. The standard InChI is InChI=1S/C12H10F6O2/c1-8(19)20-7-10(11(13,14)15,12(16,17)18)9-5-3-2-4-6-9/h2-6H,7H2,1H3. The van der Waals surface area contributed by atoms with Gasteiger partial charge < -0.3 is 4.74 Å². The van der Waals surface area contributed by atoms with E-state index in [4.69, 9.17) is 0 Å². The van der Waals surface area contributed by atoms with Gasteiger partial charge in [-0.05, 0) is 5.56 Å². The molecule has 0 aliphatic heterocycles. The highest BCUT2D eigenvalue weighted by atomic mass is 19.4. The van der Waals surface area contributed by atoms with Gasteiger partial charge in [-0.25, -0.2) is 0 Å². The van der Waals surface area contributed by atoms with Crippen LogP contribution >= 0.6 is 0 Å². The number of esters is 1. The summed E-state index contributed by atoms with van der Waals surface area (Å²) in [7, 11) is 0. The number of hydrogen-bond acceptors (Lipinski definition) is 2. The summed E-state index contributed by atoms with van der Waals surface area (Å²) in [5.41, 5.74) is -5.27. The molecule has 1 aromatic carbocycles. The molecule has 20 heavy (non-hydrogen) atoms. The fourth-order valence-corrected chi connectivity index (χ4v) is 1.67. The molecule has 112 valence electrons. The van der Waals surface area contributed by atoms with Crippen LogP contribution in [-0.4, -0.2) is 24.9 Å². The molecule has 8 heteroatoms. The average Bonchev–Trinajstić information content (AvgIpc) is 2.27. The van der Waals surface area contributed by atoms with Crippen molar-refractivity contribution in [3.63, 3.8) is 0 Å². The normalized spacial score (nSPS) is 13.2. The van der Waals surface area contributed by atoms with Crippen molar-refractivity contribution >= 4 is 5.97 Å². The minimum atomic E-state index is -5.66. The van der Waals surface area contributed by atoms with Crippen LogP contribution in [0.3, 0.4) is 0 Å². The Bertz CT molecular complexity index is 449. The zero-order chi connectivity index (χ0) is 15.6. The summed E-state index contributed by atoms with van der Waals surface area (Å²) in [6, 6.07) is 4.78. The molecule has 0 fully saturated rings. The van der Waals surface area contributed by atoms with Crippen LogP contribution in [0.15, 0.2) is 30.3 Å². The zero-order valence-corrected chi connectivity index (χ0v) is 10.2. The molecular weight excluding hydrogens is 290 g/mol. The number of rotatable bonds is 3. The highest BCUT2D eigenvalue weighted by Crippen LogP contribution is 2.52. The van der Waals surface area contributed by atoms with Crippen LogP contribution in [0.2, 0.25) is 0 Å². The van der Waals surface area contributed by atoms with E-state index in [1.807, 2.05) is 0 Å². The highest BCUT2D eigenvalue weighted by molar-refractivity contribution is 5.66. The number of benzene rings is 1. The molecule has 0 spiro atoms. The second-order valence-corrected chi connectivity index (χ2v) is 4.05. The Morgan fingerprint density at radius 2 is 1.45 bits per heavy atom. The van der Waals surface area contributed by atoms with Crippen LogP contribution in [0, 0.1) is 0 Å². The van der Waals surface area contributed by atoms with Crippen molar-refractivity contribution < 1.29 is 35.9 Å². The zero-order valence-electron chi connectivity index (χ0n) is 10.2. The molecule has 0 saturated carbocycles. The first kappa shape index (κ1) is 16.3. The van der Waals surface area contributed by atoms with Gasteiger partial charge in [-0.3, -0.25) is 4.79 Å². The van der Waals surface area contributed by atoms with Crippen LogP contribution in [0.1, 0.15) is 12.5 Å². The molecule has 0 N–H and O–H groups in total. The van der Waals surface area contributed by atoms with E-state index >= 15 is 0 Å². The van der Waals surface area contributed by atoms with Crippen molar-refractivity contribution in [1.29, 1.82) is 0 Å². The Morgan fingerprint density at radius 3 is 1.80 bits per heavy atom. The van der Waals surface area contributed by atoms with Gasteiger partial charge in [0.25, 0.3) is 0 Å². The molecule has 0 unspecified atom stereocenters. The van der Waals surface area contributed by atoms with E-state index in [1.165, 1.54) is 6.07 Å². The lowest BCUT2D eigenvalue weighted by Gasteiger charge is -2.36. The van der Waals surface area contributed by atoms with Crippen LogP contribution in [0.5, 0.6) is 0 Å². The number of ether oxygens (including phenoxy) is 1. The maximum Gasteiger partial charge on any atom is 0.410 e. The molecule has 0 aliphatic rings. The first-order chi connectivity index (χ1) is 9.02. The number of halogens is 6. The van der Waals surface area contributed by atoms with Crippen molar-refractivity contribution in [2.45, 2.75) is 24.7 Å². The van der Waals surface area contributed by atoms with E-state index in [1.54, 1.807) is 0 Å². The summed E-state index contributed by atoms with van der Waals surface area (Å²) in [6.45, 7) is -1.11. The van der Waals surface area contributed by atoms with E-state index in [-0.39, 0.29) is 0 Å².